The fourth-order valence-electron chi connectivity index (χ4n) is 2.66. The molecule has 8 heteroatoms. The lowest BCUT2D eigenvalue weighted by molar-refractivity contribution is -0.116. The van der Waals surface area contributed by atoms with Crippen molar-refractivity contribution >= 4 is 44.2 Å². The Morgan fingerprint density at radius 3 is 2.81 bits per heavy atom. The van der Waals surface area contributed by atoms with Crippen LogP contribution in [0.4, 0.5) is 10.8 Å². The number of nitrogens with one attached hydrogen (secondary N) is 2. The van der Waals surface area contributed by atoms with Crippen molar-refractivity contribution in [3.8, 4) is 11.5 Å². The van der Waals surface area contributed by atoms with Gasteiger partial charge in [-0.3, -0.25) is 9.59 Å². The van der Waals surface area contributed by atoms with Crippen LogP contribution in [0.3, 0.4) is 0 Å². The van der Waals surface area contributed by atoms with Crippen LogP contribution in [0, 0.1) is 0 Å². The molecule has 1 aliphatic heterocycles. The second kappa shape index (κ2) is 6.64. The Balaban J connectivity index is 1.46. The Morgan fingerprint density at radius 1 is 1.12 bits per heavy atom. The molecule has 2 N–H and O–H groups in total. The summed E-state index contributed by atoms with van der Waals surface area (Å²) in [5, 5.41) is 6.07. The summed E-state index contributed by atoms with van der Waals surface area (Å²) in [7, 11) is 0. The quantitative estimate of drug-likeness (QED) is 0.737. The van der Waals surface area contributed by atoms with Gasteiger partial charge in [-0.1, -0.05) is 17.4 Å². The van der Waals surface area contributed by atoms with Crippen molar-refractivity contribution in [2.24, 2.45) is 0 Å². The number of fused-ring (bicyclic) bond motifs is 2. The molecule has 0 atom stereocenters. The molecule has 2 aromatic carbocycles. The highest BCUT2D eigenvalue weighted by Crippen LogP contribution is 2.33. The number of aromatic nitrogens is 1. The normalized spacial score (nSPS) is 12.2. The molecule has 0 fully saturated rings. The summed E-state index contributed by atoms with van der Waals surface area (Å²) in [4.78, 5) is 27.8. The first-order valence-electron chi connectivity index (χ1n) is 7.93. The van der Waals surface area contributed by atoms with Crippen LogP contribution >= 0.6 is 11.3 Å². The molecular formula is C18H15N3O4S. The molecule has 26 heavy (non-hydrogen) atoms. The lowest BCUT2D eigenvalue weighted by Crippen LogP contribution is -2.14. The second-order valence-corrected chi connectivity index (χ2v) is 6.83. The van der Waals surface area contributed by atoms with Gasteiger partial charge >= 0.3 is 0 Å². The number of anilines is 2. The maximum atomic E-state index is 12.3. The van der Waals surface area contributed by atoms with Gasteiger partial charge in [-0.05, 0) is 35.9 Å². The van der Waals surface area contributed by atoms with Crippen LogP contribution in [0.25, 0.3) is 10.2 Å². The number of amides is 2. The van der Waals surface area contributed by atoms with Crippen molar-refractivity contribution in [3.63, 3.8) is 0 Å². The highest BCUT2D eigenvalue weighted by molar-refractivity contribution is 7.22. The number of carbonyl (C=O) groups excluding carboxylic acids is 2. The highest BCUT2D eigenvalue weighted by atomic mass is 32.1. The molecule has 0 saturated heterocycles. The van der Waals surface area contributed by atoms with Crippen LogP contribution in [0.15, 0.2) is 36.4 Å². The summed E-state index contributed by atoms with van der Waals surface area (Å²) in [5.74, 6) is 1.05. The monoisotopic (exact) mass is 369 g/mol. The standard InChI is InChI=1S/C18H15N3O4S/c1-10(22)19-12-3-4-13-16(8-12)26-18(20-13)21-17(23)7-11-2-5-14-15(6-11)25-9-24-14/h2-6,8H,7,9H2,1H3,(H,19,22)(H,20,21,23). The van der Waals surface area contributed by atoms with Gasteiger partial charge in [0.15, 0.2) is 16.6 Å². The molecule has 2 heterocycles. The van der Waals surface area contributed by atoms with Crippen molar-refractivity contribution in [2.45, 2.75) is 13.3 Å². The third kappa shape index (κ3) is 3.45. The third-order valence-electron chi connectivity index (χ3n) is 3.76. The molecule has 7 nitrogen and oxygen atoms in total. The predicted octanol–water partition coefficient (Wildman–Crippen LogP) is 3.16. The molecule has 1 aliphatic rings. The molecular weight excluding hydrogens is 354 g/mol. The van der Waals surface area contributed by atoms with Crippen LogP contribution in [-0.4, -0.2) is 23.6 Å². The van der Waals surface area contributed by atoms with Gasteiger partial charge in [-0.2, -0.15) is 0 Å². The van der Waals surface area contributed by atoms with Gasteiger partial charge in [-0.15, -0.1) is 0 Å². The molecule has 4 rings (SSSR count). The number of hydrogen-bond donors (Lipinski definition) is 2. The smallest absolute Gasteiger partial charge is 0.231 e. The fourth-order valence-corrected chi connectivity index (χ4v) is 3.58. The van der Waals surface area contributed by atoms with E-state index in [1.165, 1.54) is 18.3 Å². The van der Waals surface area contributed by atoms with Gasteiger partial charge < -0.3 is 20.1 Å². The number of hydrogen-bond acceptors (Lipinski definition) is 6. The zero-order valence-corrected chi connectivity index (χ0v) is 14.7. The summed E-state index contributed by atoms with van der Waals surface area (Å²) in [6.07, 6.45) is 0.212. The van der Waals surface area contributed by atoms with Crippen LogP contribution in [0.1, 0.15) is 12.5 Å². The largest absolute Gasteiger partial charge is 0.454 e. The van der Waals surface area contributed by atoms with Crippen molar-refractivity contribution in [3.05, 3.63) is 42.0 Å². The Morgan fingerprint density at radius 2 is 1.96 bits per heavy atom. The number of rotatable bonds is 4. The van der Waals surface area contributed by atoms with Crippen molar-refractivity contribution < 1.29 is 19.1 Å². The van der Waals surface area contributed by atoms with E-state index >= 15 is 0 Å². The lowest BCUT2D eigenvalue weighted by Gasteiger charge is -2.03. The van der Waals surface area contributed by atoms with E-state index in [0.717, 1.165) is 15.8 Å². The summed E-state index contributed by atoms with van der Waals surface area (Å²) < 4.78 is 11.5. The van der Waals surface area contributed by atoms with E-state index in [-0.39, 0.29) is 25.0 Å². The van der Waals surface area contributed by atoms with E-state index in [0.29, 0.717) is 22.3 Å². The Bertz CT molecular complexity index is 1010. The minimum atomic E-state index is -0.162. The van der Waals surface area contributed by atoms with Gasteiger partial charge in [0.25, 0.3) is 0 Å². The Hall–Kier alpha value is -3.13. The van der Waals surface area contributed by atoms with Crippen molar-refractivity contribution in [1.29, 1.82) is 0 Å². The van der Waals surface area contributed by atoms with Gasteiger partial charge in [0.1, 0.15) is 0 Å². The van der Waals surface area contributed by atoms with Gasteiger partial charge in [0.2, 0.25) is 18.6 Å². The summed E-state index contributed by atoms with van der Waals surface area (Å²) >= 11 is 1.36. The van der Waals surface area contributed by atoms with Gasteiger partial charge in [-0.25, -0.2) is 4.98 Å². The predicted molar refractivity (Wildman–Crippen MR) is 98.8 cm³/mol. The molecule has 0 radical (unpaired) electrons. The summed E-state index contributed by atoms with van der Waals surface area (Å²) in [6.45, 7) is 1.66. The maximum absolute atomic E-state index is 12.3. The lowest BCUT2D eigenvalue weighted by atomic mass is 10.1. The number of nitrogens with zero attached hydrogens (tertiary/aromatic N) is 1. The van der Waals surface area contributed by atoms with E-state index in [2.05, 4.69) is 15.6 Å². The summed E-state index contributed by atoms with van der Waals surface area (Å²) in [6, 6.07) is 10.9. The fraction of sp³-hybridized carbons (Fsp3) is 0.167. The molecule has 2 amide bonds. The average molecular weight is 369 g/mol. The number of carbonyl (C=O) groups is 2. The zero-order valence-electron chi connectivity index (χ0n) is 13.9. The van der Waals surface area contributed by atoms with E-state index < -0.39 is 0 Å². The van der Waals surface area contributed by atoms with Crippen LogP contribution < -0.4 is 20.1 Å². The van der Waals surface area contributed by atoms with E-state index in [1.54, 1.807) is 18.2 Å². The van der Waals surface area contributed by atoms with Crippen molar-refractivity contribution in [1.82, 2.24) is 4.98 Å². The third-order valence-corrected chi connectivity index (χ3v) is 4.69. The number of thiazole rings is 1. The molecule has 1 aromatic heterocycles. The highest BCUT2D eigenvalue weighted by Gasteiger charge is 2.15. The van der Waals surface area contributed by atoms with E-state index in [9.17, 15) is 9.59 Å². The van der Waals surface area contributed by atoms with Crippen LogP contribution in [-0.2, 0) is 16.0 Å². The molecule has 0 bridgehead atoms. The molecule has 0 saturated carbocycles. The molecule has 0 unspecified atom stereocenters. The number of benzene rings is 2. The Labute approximate surface area is 152 Å². The second-order valence-electron chi connectivity index (χ2n) is 5.80. The first-order chi connectivity index (χ1) is 12.6. The van der Waals surface area contributed by atoms with Crippen LogP contribution in [0.2, 0.25) is 0 Å². The van der Waals surface area contributed by atoms with Gasteiger partial charge in [0, 0.05) is 12.6 Å². The minimum absolute atomic E-state index is 0.133. The van der Waals surface area contributed by atoms with E-state index in [4.69, 9.17) is 9.47 Å². The first kappa shape index (κ1) is 16.3. The number of ether oxygens (including phenoxy) is 2. The minimum Gasteiger partial charge on any atom is -0.454 e. The molecule has 0 spiro atoms. The summed E-state index contributed by atoms with van der Waals surface area (Å²) in [5.41, 5.74) is 2.30. The Kier molecular flexibility index (Phi) is 4.18. The topological polar surface area (TPSA) is 89.6 Å². The first-order valence-corrected chi connectivity index (χ1v) is 8.75. The maximum Gasteiger partial charge on any atom is 0.231 e. The van der Waals surface area contributed by atoms with Crippen molar-refractivity contribution in [2.75, 3.05) is 17.4 Å². The van der Waals surface area contributed by atoms with Gasteiger partial charge in [0.05, 0.1) is 16.6 Å². The zero-order chi connectivity index (χ0) is 18.1. The van der Waals surface area contributed by atoms with Crippen LogP contribution in [0.5, 0.6) is 11.5 Å². The average Bonchev–Trinajstić information content (AvgIpc) is 3.19. The molecule has 3 aromatic rings. The SMILES string of the molecule is CC(=O)Nc1ccc2nc(NC(=O)Cc3ccc4c(c3)OCO4)sc2c1. The molecule has 0 aliphatic carbocycles. The molecule has 132 valence electrons. The van der Waals surface area contributed by atoms with E-state index in [1.807, 2.05) is 18.2 Å².